The summed E-state index contributed by atoms with van der Waals surface area (Å²) in [6, 6.07) is -0.666. The van der Waals surface area contributed by atoms with Gasteiger partial charge in [0.1, 0.15) is 6.04 Å². The van der Waals surface area contributed by atoms with Gasteiger partial charge in [0.25, 0.3) is 0 Å². The fraction of sp³-hybridized carbons (Fsp3) is 0.778. The summed E-state index contributed by atoms with van der Waals surface area (Å²) in [5.74, 6) is -1.68. The molecule has 0 aromatic heterocycles. The van der Waals surface area contributed by atoms with Crippen molar-refractivity contribution in [3.63, 3.8) is 0 Å². The van der Waals surface area contributed by atoms with Gasteiger partial charge < -0.3 is 15.6 Å². The highest BCUT2D eigenvalue weighted by molar-refractivity contribution is 5.77. The number of nitrogens with zero attached hydrogens (tertiary/aromatic N) is 1. The van der Waals surface area contributed by atoms with Gasteiger partial charge in [0.05, 0.1) is 13.2 Å². The molecule has 1 aliphatic rings. The van der Waals surface area contributed by atoms with Crippen LogP contribution in [0.4, 0.5) is 0 Å². The van der Waals surface area contributed by atoms with Crippen LogP contribution in [0.25, 0.3) is 0 Å². The summed E-state index contributed by atoms with van der Waals surface area (Å²) in [5.41, 5.74) is 5.13. The molecule has 0 spiro atoms. The third-order valence-electron chi connectivity index (χ3n) is 2.52. The Bertz CT molecular complexity index is 256. The van der Waals surface area contributed by atoms with Crippen molar-refractivity contribution in [3.8, 4) is 0 Å². The lowest BCUT2D eigenvalue weighted by atomic mass is 10.1. The van der Waals surface area contributed by atoms with E-state index < -0.39 is 17.9 Å². The number of primary amides is 1. The summed E-state index contributed by atoms with van der Waals surface area (Å²) in [7, 11) is 0. The van der Waals surface area contributed by atoms with E-state index in [1.165, 1.54) is 0 Å². The quantitative estimate of drug-likeness (QED) is 0.621. The first-order chi connectivity index (χ1) is 7.02. The van der Waals surface area contributed by atoms with Crippen molar-refractivity contribution in [2.45, 2.75) is 13.0 Å². The largest absolute Gasteiger partial charge is 0.480 e. The first-order valence-electron chi connectivity index (χ1n) is 4.86. The maximum Gasteiger partial charge on any atom is 0.323 e. The highest BCUT2D eigenvalue weighted by Crippen LogP contribution is 2.10. The van der Waals surface area contributed by atoms with Gasteiger partial charge in [0, 0.05) is 19.0 Å². The summed E-state index contributed by atoms with van der Waals surface area (Å²) >= 11 is 0. The molecule has 0 radical (unpaired) electrons. The number of hydrogen-bond acceptors (Lipinski definition) is 4. The Labute approximate surface area is 88.0 Å². The van der Waals surface area contributed by atoms with E-state index in [2.05, 4.69) is 0 Å². The van der Waals surface area contributed by atoms with Crippen LogP contribution in [0.5, 0.6) is 0 Å². The normalized spacial score (nSPS) is 24.7. The molecule has 6 heteroatoms. The Morgan fingerprint density at radius 3 is 2.87 bits per heavy atom. The number of carbonyl (C=O) groups excluding carboxylic acids is 1. The lowest BCUT2D eigenvalue weighted by molar-refractivity contribution is -0.150. The summed E-state index contributed by atoms with van der Waals surface area (Å²) < 4.78 is 5.08. The Balaban J connectivity index is 2.56. The molecule has 0 aromatic carbocycles. The first kappa shape index (κ1) is 11.9. The highest BCUT2D eigenvalue weighted by Gasteiger charge is 2.30. The van der Waals surface area contributed by atoms with Crippen LogP contribution >= 0.6 is 0 Å². The molecule has 15 heavy (non-hydrogen) atoms. The monoisotopic (exact) mass is 216 g/mol. The van der Waals surface area contributed by atoms with E-state index in [0.29, 0.717) is 19.7 Å². The number of morpholine rings is 1. The molecule has 6 nitrogen and oxygen atoms in total. The molecule has 1 amide bonds. The minimum atomic E-state index is -0.925. The van der Waals surface area contributed by atoms with Crippen LogP contribution in [-0.2, 0) is 14.3 Å². The molecule has 1 saturated heterocycles. The van der Waals surface area contributed by atoms with Gasteiger partial charge in [-0.05, 0) is 0 Å². The number of carboxylic acid groups (broad SMARTS) is 1. The molecule has 0 aromatic rings. The Morgan fingerprint density at radius 2 is 2.33 bits per heavy atom. The van der Waals surface area contributed by atoms with Crippen molar-refractivity contribution < 1.29 is 19.4 Å². The molecule has 0 saturated carbocycles. The molecular formula is C9H16N2O4. The Kier molecular flexibility index (Phi) is 4.05. The second kappa shape index (κ2) is 5.09. The van der Waals surface area contributed by atoms with Crippen LogP contribution in [0, 0.1) is 5.92 Å². The van der Waals surface area contributed by atoms with Crippen LogP contribution in [0.1, 0.15) is 6.92 Å². The summed E-state index contributed by atoms with van der Waals surface area (Å²) in [6.07, 6.45) is 0. The van der Waals surface area contributed by atoms with Gasteiger partial charge >= 0.3 is 5.97 Å². The zero-order valence-corrected chi connectivity index (χ0v) is 8.68. The smallest absolute Gasteiger partial charge is 0.323 e. The molecular weight excluding hydrogens is 200 g/mol. The fourth-order valence-corrected chi connectivity index (χ4v) is 1.53. The van der Waals surface area contributed by atoms with Crippen molar-refractivity contribution >= 4 is 11.9 Å². The van der Waals surface area contributed by atoms with E-state index >= 15 is 0 Å². The molecule has 86 valence electrons. The van der Waals surface area contributed by atoms with Gasteiger partial charge in [0.15, 0.2) is 0 Å². The van der Waals surface area contributed by atoms with Gasteiger partial charge in [-0.25, -0.2) is 0 Å². The second-order valence-electron chi connectivity index (χ2n) is 3.73. The van der Waals surface area contributed by atoms with E-state index in [0.717, 1.165) is 0 Å². The van der Waals surface area contributed by atoms with Crippen molar-refractivity contribution in [2.24, 2.45) is 11.7 Å². The first-order valence-corrected chi connectivity index (χ1v) is 4.86. The molecule has 1 heterocycles. The summed E-state index contributed by atoms with van der Waals surface area (Å²) in [5, 5.41) is 8.92. The molecule has 0 aliphatic carbocycles. The molecule has 2 atom stereocenters. The average molecular weight is 216 g/mol. The van der Waals surface area contributed by atoms with Gasteiger partial charge in [-0.3, -0.25) is 14.5 Å². The van der Waals surface area contributed by atoms with Gasteiger partial charge in [-0.2, -0.15) is 0 Å². The Hall–Kier alpha value is -1.14. The zero-order valence-electron chi connectivity index (χ0n) is 8.68. The SMILES string of the molecule is CC(CN1CCOCC1C(=O)O)C(N)=O. The predicted octanol–water partition coefficient (Wildman–Crippen LogP) is -1.11. The molecule has 1 fully saturated rings. The molecule has 1 rings (SSSR count). The number of rotatable bonds is 4. The second-order valence-corrected chi connectivity index (χ2v) is 3.73. The van der Waals surface area contributed by atoms with Gasteiger partial charge in [-0.1, -0.05) is 6.92 Å². The van der Waals surface area contributed by atoms with Crippen molar-refractivity contribution in [3.05, 3.63) is 0 Å². The lowest BCUT2D eigenvalue weighted by Gasteiger charge is -2.33. The van der Waals surface area contributed by atoms with Gasteiger partial charge in [0.2, 0.25) is 5.91 Å². The number of hydrogen-bond donors (Lipinski definition) is 2. The number of amides is 1. The fourth-order valence-electron chi connectivity index (χ4n) is 1.53. The zero-order chi connectivity index (χ0) is 11.4. The maximum atomic E-state index is 10.9. The minimum Gasteiger partial charge on any atom is -0.480 e. The molecule has 1 aliphatic heterocycles. The number of carboxylic acids is 1. The van der Waals surface area contributed by atoms with Crippen LogP contribution in [0.15, 0.2) is 0 Å². The van der Waals surface area contributed by atoms with Crippen LogP contribution < -0.4 is 5.73 Å². The molecule has 2 unspecified atom stereocenters. The Morgan fingerprint density at radius 1 is 1.67 bits per heavy atom. The van der Waals surface area contributed by atoms with E-state index in [4.69, 9.17) is 15.6 Å². The summed E-state index contributed by atoms with van der Waals surface area (Å²) in [4.78, 5) is 23.5. The molecule has 0 bridgehead atoms. The van der Waals surface area contributed by atoms with Crippen LogP contribution in [0.2, 0.25) is 0 Å². The maximum absolute atomic E-state index is 10.9. The summed E-state index contributed by atoms with van der Waals surface area (Å²) in [6.45, 7) is 3.25. The van der Waals surface area contributed by atoms with Crippen LogP contribution in [-0.4, -0.2) is 54.2 Å². The average Bonchev–Trinajstić information content (AvgIpc) is 2.18. The van der Waals surface area contributed by atoms with Crippen LogP contribution in [0.3, 0.4) is 0 Å². The van der Waals surface area contributed by atoms with Crippen molar-refractivity contribution in [2.75, 3.05) is 26.3 Å². The predicted molar refractivity (Wildman–Crippen MR) is 52.2 cm³/mol. The number of carbonyl (C=O) groups is 2. The van der Waals surface area contributed by atoms with E-state index in [1.807, 2.05) is 0 Å². The number of nitrogens with two attached hydrogens (primary N) is 1. The standard InChI is InChI=1S/C9H16N2O4/c1-6(8(10)12)4-11-2-3-15-5-7(11)9(13)14/h6-7H,2-5H2,1H3,(H2,10,12)(H,13,14). The number of ether oxygens (including phenoxy) is 1. The lowest BCUT2D eigenvalue weighted by Crippen LogP contribution is -2.52. The highest BCUT2D eigenvalue weighted by atomic mass is 16.5. The van der Waals surface area contributed by atoms with Gasteiger partial charge in [-0.15, -0.1) is 0 Å². The van der Waals surface area contributed by atoms with Crippen molar-refractivity contribution in [1.82, 2.24) is 4.90 Å². The molecule has 3 N–H and O–H groups in total. The van der Waals surface area contributed by atoms with E-state index in [1.54, 1.807) is 11.8 Å². The third-order valence-corrected chi connectivity index (χ3v) is 2.52. The third kappa shape index (κ3) is 3.17. The topological polar surface area (TPSA) is 92.9 Å². The van der Waals surface area contributed by atoms with E-state index in [9.17, 15) is 9.59 Å². The van der Waals surface area contributed by atoms with E-state index in [-0.39, 0.29) is 12.5 Å². The van der Waals surface area contributed by atoms with Crippen molar-refractivity contribution in [1.29, 1.82) is 0 Å². The minimum absolute atomic E-state index is 0.167. The number of aliphatic carboxylic acids is 1.